The molecule has 2 nitrogen and oxygen atoms in total. The SMILES string of the molecule is C=CCC(C(=O)N(C)c1ccccc1Cl)c1ccccc1F. The van der Waals surface area contributed by atoms with Crippen LogP contribution in [0.15, 0.2) is 61.2 Å². The third-order valence-corrected chi connectivity index (χ3v) is 3.85. The number of para-hydroxylation sites is 1. The highest BCUT2D eigenvalue weighted by molar-refractivity contribution is 6.33. The molecule has 1 atom stereocenters. The Balaban J connectivity index is 2.37. The van der Waals surface area contributed by atoms with Crippen molar-refractivity contribution >= 4 is 23.2 Å². The van der Waals surface area contributed by atoms with Crippen molar-refractivity contribution in [3.05, 3.63) is 77.6 Å². The summed E-state index contributed by atoms with van der Waals surface area (Å²) in [7, 11) is 1.64. The predicted molar refractivity (Wildman–Crippen MR) is 88.8 cm³/mol. The number of hydrogen-bond acceptors (Lipinski definition) is 1. The second kappa shape index (κ2) is 7.23. The fourth-order valence-corrected chi connectivity index (χ4v) is 2.62. The Kier molecular flexibility index (Phi) is 5.34. The predicted octanol–water partition coefficient (Wildman–Crippen LogP) is 4.80. The molecule has 0 aliphatic heterocycles. The molecular formula is C18H17ClFNO. The number of anilines is 1. The van der Waals surface area contributed by atoms with Crippen LogP contribution in [0.1, 0.15) is 17.9 Å². The fourth-order valence-electron chi connectivity index (χ4n) is 2.36. The van der Waals surface area contributed by atoms with E-state index in [-0.39, 0.29) is 5.91 Å². The minimum absolute atomic E-state index is 0.224. The van der Waals surface area contributed by atoms with Gasteiger partial charge in [-0.25, -0.2) is 4.39 Å². The number of rotatable bonds is 5. The number of amides is 1. The summed E-state index contributed by atoms with van der Waals surface area (Å²) in [6, 6.07) is 13.4. The Bertz CT molecular complexity index is 686. The molecule has 0 aliphatic carbocycles. The molecular weight excluding hydrogens is 301 g/mol. The molecule has 0 N–H and O–H groups in total. The number of allylic oxidation sites excluding steroid dienone is 1. The largest absolute Gasteiger partial charge is 0.313 e. The van der Waals surface area contributed by atoms with Crippen LogP contribution in [0, 0.1) is 5.82 Å². The molecule has 0 saturated heterocycles. The van der Waals surface area contributed by atoms with Crippen LogP contribution in [0.3, 0.4) is 0 Å². The van der Waals surface area contributed by atoms with E-state index in [4.69, 9.17) is 11.6 Å². The topological polar surface area (TPSA) is 20.3 Å². The Morgan fingerprint density at radius 1 is 1.27 bits per heavy atom. The van der Waals surface area contributed by atoms with Crippen LogP contribution in [0.25, 0.3) is 0 Å². The highest BCUT2D eigenvalue weighted by Gasteiger charge is 2.26. The van der Waals surface area contributed by atoms with Crippen LogP contribution in [0.4, 0.5) is 10.1 Å². The lowest BCUT2D eigenvalue weighted by molar-refractivity contribution is -0.119. The second-order valence-corrected chi connectivity index (χ2v) is 5.35. The van der Waals surface area contributed by atoms with Gasteiger partial charge in [0.25, 0.3) is 0 Å². The van der Waals surface area contributed by atoms with Crippen molar-refractivity contribution in [2.75, 3.05) is 11.9 Å². The molecule has 114 valence electrons. The van der Waals surface area contributed by atoms with Crippen molar-refractivity contribution in [1.82, 2.24) is 0 Å². The lowest BCUT2D eigenvalue weighted by Crippen LogP contribution is -2.32. The van der Waals surface area contributed by atoms with E-state index in [2.05, 4.69) is 6.58 Å². The van der Waals surface area contributed by atoms with Crippen LogP contribution >= 0.6 is 11.6 Å². The van der Waals surface area contributed by atoms with Crippen LogP contribution < -0.4 is 4.90 Å². The summed E-state index contributed by atoms with van der Waals surface area (Å²) in [6.45, 7) is 3.67. The number of hydrogen-bond donors (Lipinski definition) is 0. The molecule has 4 heteroatoms. The highest BCUT2D eigenvalue weighted by Crippen LogP contribution is 2.30. The first-order valence-electron chi connectivity index (χ1n) is 6.93. The first-order chi connectivity index (χ1) is 10.6. The summed E-state index contributed by atoms with van der Waals surface area (Å²) in [5, 5.41) is 0.476. The van der Waals surface area contributed by atoms with Crippen molar-refractivity contribution < 1.29 is 9.18 Å². The van der Waals surface area contributed by atoms with Crippen molar-refractivity contribution in [1.29, 1.82) is 0 Å². The number of likely N-dealkylation sites (N-methyl/N-ethyl adjacent to an activating group) is 1. The van der Waals surface area contributed by atoms with Gasteiger partial charge in [0.05, 0.1) is 16.6 Å². The molecule has 0 radical (unpaired) electrons. The first-order valence-corrected chi connectivity index (χ1v) is 7.31. The number of carbonyl (C=O) groups excluding carboxylic acids is 1. The standard InChI is InChI=1S/C18H17ClFNO/c1-3-8-14(13-9-4-6-11-16(13)20)18(22)21(2)17-12-7-5-10-15(17)19/h3-7,9-12,14H,1,8H2,2H3. The summed E-state index contributed by atoms with van der Waals surface area (Å²) in [4.78, 5) is 14.3. The maximum Gasteiger partial charge on any atom is 0.234 e. The third kappa shape index (κ3) is 3.37. The zero-order valence-corrected chi connectivity index (χ0v) is 13.1. The monoisotopic (exact) mass is 317 g/mol. The van der Waals surface area contributed by atoms with E-state index in [9.17, 15) is 9.18 Å². The van der Waals surface area contributed by atoms with Gasteiger partial charge in [-0.05, 0) is 24.6 Å². The minimum Gasteiger partial charge on any atom is -0.313 e. The van der Waals surface area contributed by atoms with Crippen LogP contribution in [-0.2, 0) is 4.79 Å². The summed E-state index contributed by atoms with van der Waals surface area (Å²) < 4.78 is 14.0. The number of halogens is 2. The van der Waals surface area contributed by atoms with Gasteiger partial charge in [-0.3, -0.25) is 4.79 Å². The molecule has 0 heterocycles. The van der Waals surface area contributed by atoms with E-state index in [0.717, 1.165) is 0 Å². The van der Waals surface area contributed by atoms with Gasteiger partial charge < -0.3 is 4.90 Å². The van der Waals surface area contributed by atoms with Crippen molar-refractivity contribution in [2.45, 2.75) is 12.3 Å². The Morgan fingerprint density at radius 2 is 1.91 bits per heavy atom. The van der Waals surface area contributed by atoms with E-state index in [1.54, 1.807) is 55.6 Å². The average Bonchev–Trinajstić information content (AvgIpc) is 2.53. The van der Waals surface area contributed by atoms with Crippen molar-refractivity contribution in [2.24, 2.45) is 0 Å². The van der Waals surface area contributed by atoms with Gasteiger partial charge in [-0.1, -0.05) is 48.0 Å². The summed E-state index contributed by atoms with van der Waals surface area (Å²) >= 11 is 6.13. The molecule has 2 aromatic carbocycles. The Labute approximate surface area is 134 Å². The first kappa shape index (κ1) is 16.2. The van der Waals surface area contributed by atoms with E-state index < -0.39 is 11.7 Å². The van der Waals surface area contributed by atoms with Gasteiger partial charge in [0.1, 0.15) is 5.82 Å². The second-order valence-electron chi connectivity index (χ2n) is 4.95. The molecule has 0 bridgehead atoms. The minimum atomic E-state index is -0.625. The Hall–Kier alpha value is -2.13. The zero-order valence-electron chi connectivity index (χ0n) is 12.3. The summed E-state index contributed by atoms with van der Waals surface area (Å²) in [6.07, 6.45) is 1.98. The van der Waals surface area contributed by atoms with Crippen LogP contribution in [-0.4, -0.2) is 13.0 Å². The molecule has 1 unspecified atom stereocenters. The van der Waals surface area contributed by atoms with Gasteiger partial charge in [-0.15, -0.1) is 6.58 Å². The van der Waals surface area contributed by atoms with Crippen molar-refractivity contribution in [3.8, 4) is 0 Å². The molecule has 2 rings (SSSR count). The van der Waals surface area contributed by atoms with Crippen LogP contribution in [0.5, 0.6) is 0 Å². The molecule has 1 amide bonds. The summed E-state index contributed by atoms with van der Waals surface area (Å²) in [5.74, 6) is -1.24. The lowest BCUT2D eigenvalue weighted by atomic mass is 9.93. The lowest BCUT2D eigenvalue weighted by Gasteiger charge is -2.24. The van der Waals surface area contributed by atoms with Gasteiger partial charge in [0.15, 0.2) is 0 Å². The molecule has 0 fully saturated rings. The van der Waals surface area contributed by atoms with Gasteiger partial charge in [-0.2, -0.15) is 0 Å². The molecule has 0 aliphatic rings. The van der Waals surface area contributed by atoms with Gasteiger partial charge in [0.2, 0.25) is 5.91 Å². The summed E-state index contributed by atoms with van der Waals surface area (Å²) in [5.41, 5.74) is 0.964. The fraction of sp³-hybridized carbons (Fsp3) is 0.167. The smallest absolute Gasteiger partial charge is 0.234 e. The van der Waals surface area contributed by atoms with E-state index >= 15 is 0 Å². The maximum atomic E-state index is 14.0. The quantitative estimate of drug-likeness (QED) is 0.725. The number of carbonyl (C=O) groups is 1. The average molecular weight is 318 g/mol. The third-order valence-electron chi connectivity index (χ3n) is 3.53. The number of nitrogens with zero attached hydrogens (tertiary/aromatic N) is 1. The molecule has 0 spiro atoms. The van der Waals surface area contributed by atoms with Gasteiger partial charge in [0, 0.05) is 12.6 Å². The molecule has 0 aromatic heterocycles. The maximum absolute atomic E-state index is 14.0. The van der Waals surface area contributed by atoms with Crippen LogP contribution in [0.2, 0.25) is 5.02 Å². The molecule has 0 saturated carbocycles. The normalized spacial score (nSPS) is 11.8. The van der Waals surface area contributed by atoms with E-state index in [1.807, 2.05) is 0 Å². The Morgan fingerprint density at radius 3 is 2.55 bits per heavy atom. The highest BCUT2D eigenvalue weighted by atomic mass is 35.5. The zero-order chi connectivity index (χ0) is 16.1. The molecule has 2 aromatic rings. The number of benzene rings is 2. The van der Waals surface area contributed by atoms with E-state index in [0.29, 0.717) is 22.7 Å². The van der Waals surface area contributed by atoms with Gasteiger partial charge >= 0.3 is 0 Å². The molecule has 22 heavy (non-hydrogen) atoms. The van der Waals surface area contributed by atoms with Crippen molar-refractivity contribution in [3.63, 3.8) is 0 Å². The van der Waals surface area contributed by atoms with E-state index in [1.165, 1.54) is 11.0 Å².